The zero-order valence-corrected chi connectivity index (χ0v) is 11.2. The van der Waals surface area contributed by atoms with Gasteiger partial charge in [0.2, 0.25) is 0 Å². The maximum absolute atomic E-state index is 4.94. The molecule has 0 bridgehead atoms. The number of rotatable bonds is 1. The Balaban J connectivity index is 0.000000145. The van der Waals surface area contributed by atoms with E-state index in [0.717, 1.165) is 13.2 Å². The van der Waals surface area contributed by atoms with E-state index >= 15 is 0 Å². The molecule has 1 aliphatic carbocycles. The van der Waals surface area contributed by atoms with E-state index in [9.17, 15) is 0 Å². The minimum absolute atomic E-state index is 0.890. The van der Waals surface area contributed by atoms with Crippen LogP contribution in [0, 0.1) is 34.2 Å². The molecule has 0 aromatic carbocycles. The molecule has 13 heavy (non-hydrogen) atoms. The second-order valence-electron chi connectivity index (χ2n) is 3.40. The van der Waals surface area contributed by atoms with Gasteiger partial charge in [-0.1, -0.05) is 0 Å². The second-order valence-corrected chi connectivity index (χ2v) is 10.3. The van der Waals surface area contributed by atoms with Gasteiger partial charge in [-0.15, -0.1) is 0 Å². The summed E-state index contributed by atoms with van der Waals surface area (Å²) in [5, 5.41) is 0. The van der Waals surface area contributed by atoms with Crippen LogP contribution in [0.3, 0.4) is 0 Å². The summed E-state index contributed by atoms with van der Waals surface area (Å²) in [5.74, 6) is 0. The molecular formula is C11H19OSm. The molecule has 0 N–H and O–H groups in total. The van der Waals surface area contributed by atoms with Crippen LogP contribution in [-0.4, -0.2) is 13.2 Å². The van der Waals surface area contributed by atoms with Crippen LogP contribution in [0.25, 0.3) is 0 Å². The summed E-state index contributed by atoms with van der Waals surface area (Å²) in [6.07, 6.45) is 10.6. The molecule has 0 spiro atoms. The molecule has 0 unspecified atom stereocenters. The molecule has 0 aromatic heterocycles. The predicted molar refractivity (Wildman–Crippen MR) is 53.6 cm³/mol. The molecule has 2 rings (SSSR count). The van der Waals surface area contributed by atoms with Gasteiger partial charge in [-0.3, -0.25) is 0 Å². The van der Waals surface area contributed by atoms with Gasteiger partial charge in [0.25, 0.3) is 0 Å². The van der Waals surface area contributed by atoms with Crippen molar-refractivity contribution in [3.63, 3.8) is 0 Å². The van der Waals surface area contributed by atoms with Crippen molar-refractivity contribution in [3.8, 4) is 0 Å². The summed E-state index contributed by atoms with van der Waals surface area (Å²) in [4.78, 5) is 0. The summed E-state index contributed by atoms with van der Waals surface area (Å²) in [6, 6.07) is 0. The normalized spacial score (nSPS) is 20.1. The SMILES string of the molecule is C1CCOC1.[CH3][Sm]([CH3])[C]1=CC=CC1. The Bertz CT molecular complexity index is 183. The topological polar surface area (TPSA) is 9.23 Å². The molecule has 75 valence electrons. The first-order chi connectivity index (χ1) is 6.30. The molecule has 0 radical (unpaired) electrons. The summed E-state index contributed by atoms with van der Waals surface area (Å²) in [7, 11) is 0. The first-order valence-electron chi connectivity index (χ1n) is 4.82. The third kappa shape index (κ3) is 5.27. The zero-order valence-electron chi connectivity index (χ0n) is 8.58. The van der Waals surface area contributed by atoms with Gasteiger partial charge in [0, 0.05) is 13.2 Å². The van der Waals surface area contributed by atoms with Gasteiger partial charge in [0.1, 0.15) is 0 Å². The van der Waals surface area contributed by atoms with Crippen LogP contribution in [0.15, 0.2) is 19.5 Å². The standard InChI is InChI=1S/C5H5.C4H8O.2CH3.Sm/c2*1-2-4-5-3-1;;;/h1-3H,4H2;1-4H2;2*1H3;. The minimum atomic E-state index is -0.890. The Morgan fingerprint density at radius 1 is 1.23 bits per heavy atom. The van der Waals surface area contributed by atoms with E-state index in [0.29, 0.717) is 0 Å². The van der Waals surface area contributed by atoms with E-state index in [4.69, 9.17) is 4.74 Å². The van der Waals surface area contributed by atoms with Crippen molar-refractivity contribution in [3.05, 3.63) is 19.5 Å². The van der Waals surface area contributed by atoms with Crippen molar-refractivity contribution >= 4 is 0 Å². The number of hydrogen-bond acceptors (Lipinski definition) is 1. The summed E-state index contributed by atoms with van der Waals surface area (Å²) >= 11 is -0.890. The second kappa shape index (κ2) is 7.12. The van der Waals surface area contributed by atoms with E-state index < -0.39 is 34.2 Å². The Morgan fingerprint density at radius 3 is 2.15 bits per heavy atom. The third-order valence-electron chi connectivity index (χ3n) is 2.09. The molecule has 2 aliphatic rings. The molecule has 0 aromatic rings. The molecule has 2 heteroatoms. The van der Waals surface area contributed by atoms with Gasteiger partial charge >= 0.3 is 65.5 Å². The third-order valence-corrected chi connectivity index (χ3v) is 6.42. The van der Waals surface area contributed by atoms with Crippen molar-refractivity contribution in [2.24, 2.45) is 0 Å². The number of hydrogen-bond donors (Lipinski definition) is 0. The van der Waals surface area contributed by atoms with Gasteiger partial charge in [0.05, 0.1) is 0 Å². The molecule has 1 nitrogen and oxygen atoms in total. The number of ether oxygens (including phenoxy) is 1. The first kappa shape index (κ1) is 11.9. The van der Waals surface area contributed by atoms with Crippen molar-refractivity contribution in [2.45, 2.75) is 24.5 Å². The van der Waals surface area contributed by atoms with Crippen molar-refractivity contribution < 1.29 is 39.0 Å². The molecule has 0 atom stereocenters. The molecule has 0 amide bonds. The maximum atomic E-state index is 4.94. The van der Waals surface area contributed by atoms with Crippen molar-refractivity contribution in [1.82, 2.24) is 0 Å². The fourth-order valence-corrected chi connectivity index (χ4v) is 3.74. The van der Waals surface area contributed by atoms with Crippen molar-refractivity contribution in [2.75, 3.05) is 13.2 Å². The van der Waals surface area contributed by atoms with E-state index in [2.05, 4.69) is 23.5 Å². The Labute approximate surface area is 95.2 Å². The van der Waals surface area contributed by atoms with Gasteiger partial charge < -0.3 is 4.74 Å². The van der Waals surface area contributed by atoms with Crippen LogP contribution >= 0.6 is 0 Å². The van der Waals surface area contributed by atoms with E-state index in [1.165, 1.54) is 19.3 Å². The van der Waals surface area contributed by atoms with Crippen LogP contribution in [0.4, 0.5) is 0 Å². The molecule has 1 saturated heterocycles. The van der Waals surface area contributed by atoms with Crippen LogP contribution in [0.1, 0.15) is 19.3 Å². The van der Waals surface area contributed by atoms with Gasteiger partial charge in [-0.05, 0) is 12.8 Å². The van der Waals surface area contributed by atoms with Gasteiger partial charge in [-0.2, -0.15) is 0 Å². The Kier molecular flexibility index (Phi) is 6.49. The summed E-state index contributed by atoms with van der Waals surface area (Å²) < 4.78 is 11.6. The van der Waals surface area contributed by atoms with E-state index in [-0.39, 0.29) is 0 Å². The molecule has 1 aliphatic heterocycles. The quantitative estimate of drug-likeness (QED) is 0.721. The molecule has 1 heterocycles. The average molecular weight is 318 g/mol. The molecule has 1 fully saturated rings. The van der Waals surface area contributed by atoms with Crippen LogP contribution in [0.2, 0.25) is 5.28 Å². The number of allylic oxidation sites excluding steroid dienone is 4. The summed E-state index contributed by atoms with van der Waals surface area (Å²) in [6.45, 7) is 2.00. The fraction of sp³-hybridized carbons (Fsp3) is 0.636. The fourth-order valence-electron chi connectivity index (χ4n) is 1.24. The van der Waals surface area contributed by atoms with Crippen LogP contribution in [0.5, 0.6) is 0 Å². The molecule has 0 saturated carbocycles. The Morgan fingerprint density at radius 2 is 1.92 bits per heavy atom. The van der Waals surface area contributed by atoms with E-state index in [1.54, 1.807) is 1.29 Å². The average Bonchev–Trinajstić information content (AvgIpc) is 2.82. The zero-order chi connectivity index (χ0) is 9.52. The monoisotopic (exact) mass is 319 g/mol. The van der Waals surface area contributed by atoms with E-state index in [1.807, 2.05) is 0 Å². The van der Waals surface area contributed by atoms with Crippen LogP contribution < -0.4 is 0 Å². The van der Waals surface area contributed by atoms with Crippen molar-refractivity contribution in [1.29, 1.82) is 0 Å². The first-order valence-corrected chi connectivity index (χ1v) is 11.4. The summed E-state index contributed by atoms with van der Waals surface area (Å²) in [5.41, 5.74) is 0. The van der Waals surface area contributed by atoms with Gasteiger partial charge in [-0.25, -0.2) is 0 Å². The van der Waals surface area contributed by atoms with Crippen LogP contribution in [-0.2, 0) is 4.74 Å². The Hall–Kier alpha value is 0.778. The predicted octanol–water partition coefficient (Wildman–Crippen LogP) is 3.34. The molecular weight excluding hydrogens is 298 g/mol. The van der Waals surface area contributed by atoms with Gasteiger partial charge in [0.15, 0.2) is 0 Å².